The molecule has 132 valence electrons. The zero-order chi connectivity index (χ0) is 18.7. The van der Waals surface area contributed by atoms with E-state index < -0.39 is 11.9 Å². The van der Waals surface area contributed by atoms with Gasteiger partial charge >= 0.3 is 5.97 Å². The van der Waals surface area contributed by atoms with Crippen molar-refractivity contribution in [1.82, 2.24) is 0 Å². The van der Waals surface area contributed by atoms with E-state index in [1.54, 1.807) is 36.4 Å². The Labute approximate surface area is 151 Å². The molecule has 0 aliphatic carbocycles. The van der Waals surface area contributed by atoms with Gasteiger partial charge in [-0.1, -0.05) is 24.3 Å². The molecule has 3 aromatic rings. The molecule has 0 unspecified atom stereocenters. The van der Waals surface area contributed by atoms with Crippen LogP contribution in [0, 0.1) is 13.8 Å². The maximum absolute atomic E-state index is 12.5. The van der Waals surface area contributed by atoms with Crippen LogP contribution in [0.2, 0.25) is 0 Å². The monoisotopic (exact) mass is 349 g/mol. The van der Waals surface area contributed by atoms with Crippen molar-refractivity contribution in [3.63, 3.8) is 0 Å². The zero-order valence-electron chi connectivity index (χ0n) is 14.8. The Morgan fingerprint density at radius 1 is 0.962 bits per heavy atom. The van der Waals surface area contributed by atoms with Crippen molar-refractivity contribution >= 4 is 17.6 Å². The number of anilines is 1. The van der Waals surface area contributed by atoms with E-state index in [9.17, 15) is 9.59 Å². The van der Waals surface area contributed by atoms with Gasteiger partial charge in [-0.3, -0.25) is 4.79 Å². The second-order valence-corrected chi connectivity index (χ2v) is 5.95. The summed E-state index contributed by atoms with van der Waals surface area (Å²) in [5.74, 6) is -0.176. The summed E-state index contributed by atoms with van der Waals surface area (Å²) in [5.41, 5.74) is 3.90. The first-order chi connectivity index (χ1) is 12.5. The first-order valence-electron chi connectivity index (χ1n) is 8.15. The van der Waals surface area contributed by atoms with Crippen molar-refractivity contribution in [3.05, 3.63) is 77.0 Å². The Hall–Kier alpha value is -3.34. The van der Waals surface area contributed by atoms with Crippen LogP contribution >= 0.6 is 0 Å². The molecule has 3 rings (SSSR count). The van der Waals surface area contributed by atoms with Gasteiger partial charge in [0.05, 0.1) is 18.4 Å². The number of benzene rings is 2. The molecule has 0 aliphatic rings. The fraction of sp³-hybridized carbons (Fsp3) is 0.143. The molecule has 0 fully saturated rings. The highest BCUT2D eigenvalue weighted by Gasteiger charge is 2.17. The van der Waals surface area contributed by atoms with Crippen LogP contribution in [0.25, 0.3) is 11.3 Å². The van der Waals surface area contributed by atoms with Crippen LogP contribution < -0.4 is 5.32 Å². The summed E-state index contributed by atoms with van der Waals surface area (Å²) >= 11 is 0. The smallest absolute Gasteiger partial charge is 0.339 e. The lowest BCUT2D eigenvalue weighted by atomic mass is 10.1. The number of nitrogens with one attached hydrogen (secondary N) is 1. The minimum atomic E-state index is -0.517. The SMILES string of the molecule is COC(=O)c1ccccc1NC(=O)c1ccc(-c2ccc(C)c(C)c2)o1. The minimum Gasteiger partial charge on any atom is -0.465 e. The quantitative estimate of drug-likeness (QED) is 0.699. The number of furan rings is 1. The summed E-state index contributed by atoms with van der Waals surface area (Å²) in [5, 5.41) is 2.69. The highest BCUT2D eigenvalue weighted by atomic mass is 16.5. The van der Waals surface area contributed by atoms with Crippen LogP contribution in [0.5, 0.6) is 0 Å². The Morgan fingerprint density at radius 3 is 2.46 bits per heavy atom. The van der Waals surface area contributed by atoms with Crippen molar-refractivity contribution in [2.45, 2.75) is 13.8 Å². The zero-order valence-corrected chi connectivity index (χ0v) is 14.8. The third kappa shape index (κ3) is 3.52. The van der Waals surface area contributed by atoms with Crippen LogP contribution in [-0.4, -0.2) is 19.0 Å². The second kappa shape index (κ2) is 7.27. The van der Waals surface area contributed by atoms with E-state index in [1.807, 2.05) is 32.0 Å². The summed E-state index contributed by atoms with van der Waals surface area (Å²) in [4.78, 5) is 24.3. The summed E-state index contributed by atoms with van der Waals surface area (Å²) in [6.07, 6.45) is 0. The molecule has 0 aliphatic heterocycles. The summed E-state index contributed by atoms with van der Waals surface area (Å²) in [7, 11) is 1.29. The Bertz CT molecular complexity index is 972. The number of carbonyl (C=O) groups is 2. The molecule has 5 nitrogen and oxygen atoms in total. The van der Waals surface area contributed by atoms with E-state index in [0.29, 0.717) is 11.4 Å². The molecule has 2 aromatic carbocycles. The fourth-order valence-corrected chi connectivity index (χ4v) is 2.57. The van der Waals surface area contributed by atoms with Crippen molar-refractivity contribution in [3.8, 4) is 11.3 Å². The van der Waals surface area contributed by atoms with E-state index in [4.69, 9.17) is 9.15 Å². The Morgan fingerprint density at radius 2 is 1.73 bits per heavy atom. The number of hydrogen-bond acceptors (Lipinski definition) is 4. The topological polar surface area (TPSA) is 68.5 Å². The molecule has 0 saturated heterocycles. The van der Waals surface area contributed by atoms with Gasteiger partial charge in [-0.05, 0) is 55.3 Å². The number of aryl methyl sites for hydroxylation is 2. The van der Waals surface area contributed by atoms with Gasteiger partial charge < -0.3 is 14.5 Å². The Kier molecular flexibility index (Phi) is 4.89. The van der Waals surface area contributed by atoms with Gasteiger partial charge in [0.1, 0.15) is 5.76 Å². The number of hydrogen-bond donors (Lipinski definition) is 1. The Balaban J connectivity index is 1.83. The number of rotatable bonds is 4. The lowest BCUT2D eigenvalue weighted by Crippen LogP contribution is -2.14. The van der Waals surface area contributed by atoms with Crippen molar-refractivity contribution in [2.24, 2.45) is 0 Å². The molecule has 0 saturated carbocycles. The molecule has 26 heavy (non-hydrogen) atoms. The molecular formula is C21H19NO4. The maximum Gasteiger partial charge on any atom is 0.339 e. The molecule has 0 atom stereocenters. The van der Waals surface area contributed by atoms with E-state index in [1.165, 1.54) is 12.7 Å². The van der Waals surface area contributed by atoms with Gasteiger partial charge in [0.2, 0.25) is 0 Å². The third-order valence-electron chi connectivity index (χ3n) is 4.20. The molecule has 1 N–H and O–H groups in total. The van der Waals surface area contributed by atoms with Crippen molar-refractivity contribution in [1.29, 1.82) is 0 Å². The number of methoxy groups -OCH3 is 1. The molecule has 0 spiro atoms. The number of ether oxygens (including phenoxy) is 1. The second-order valence-electron chi connectivity index (χ2n) is 5.95. The predicted octanol–water partition coefficient (Wildman–Crippen LogP) is 4.60. The summed E-state index contributed by atoms with van der Waals surface area (Å²) in [6, 6.07) is 16.0. The molecule has 0 bridgehead atoms. The first-order valence-corrected chi connectivity index (χ1v) is 8.15. The average Bonchev–Trinajstić information content (AvgIpc) is 3.14. The van der Waals surface area contributed by atoms with Gasteiger partial charge in [-0.25, -0.2) is 4.79 Å². The van der Waals surface area contributed by atoms with Gasteiger partial charge in [0.25, 0.3) is 5.91 Å². The van der Waals surface area contributed by atoms with E-state index in [0.717, 1.165) is 11.1 Å². The lowest BCUT2D eigenvalue weighted by Gasteiger charge is -2.08. The van der Waals surface area contributed by atoms with Crippen LogP contribution in [0.4, 0.5) is 5.69 Å². The highest BCUT2D eigenvalue weighted by molar-refractivity contribution is 6.06. The minimum absolute atomic E-state index is 0.165. The molecule has 0 radical (unpaired) electrons. The van der Waals surface area contributed by atoms with E-state index in [-0.39, 0.29) is 11.3 Å². The van der Waals surface area contributed by atoms with Gasteiger partial charge in [-0.2, -0.15) is 0 Å². The molecule has 1 amide bonds. The highest BCUT2D eigenvalue weighted by Crippen LogP contribution is 2.25. The van der Waals surface area contributed by atoms with Crippen LogP contribution in [0.1, 0.15) is 32.0 Å². The van der Waals surface area contributed by atoms with Crippen LogP contribution in [0.15, 0.2) is 59.0 Å². The number of esters is 1. The molecular weight excluding hydrogens is 330 g/mol. The summed E-state index contributed by atoms with van der Waals surface area (Å²) < 4.78 is 10.4. The number of amides is 1. The normalized spacial score (nSPS) is 10.4. The largest absolute Gasteiger partial charge is 0.465 e. The average molecular weight is 349 g/mol. The van der Waals surface area contributed by atoms with Gasteiger partial charge in [0, 0.05) is 5.56 Å². The summed E-state index contributed by atoms with van der Waals surface area (Å²) in [6.45, 7) is 4.07. The molecule has 1 aromatic heterocycles. The van der Waals surface area contributed by atoms with Crippen LogP contribution in [-0.2, 0) is 4.74 Å². The fourth-order valence-electron chi connectivity index (χ4n) is 2.57. The number of carbonyl (C=O) groups excluding carboxylic acids is 2. The maximum atomic E-state index is 12.5. The van der Waals surface area contributed by atoms with Crippen molar-refractivity contribution in [2.75, 3.05) is 12.4 Å². The van der Waals surface area contributed by atoms with Gasteiger partial charge in [0.15, 0.2) is 5.76 Å². The van der Waals surface area contributed by atoms with Gasteiger partial charge in [-0.15, -0.1) is 0 Å². The van der Waals surface area contributed by atoms with Crippen LogP contribution in [0.3, 0.4) is 0 Å². The van der Waals surface area contributed by atoms with E-state index in [2.05, 4.69) is 5.32 Å². The number of para-hydroxylation sites is 1. The molecule has 5 heteroatoms. The standard InChI is InChI=1S/C21H19NO4/c1-13-8-9-15(12-14(13)2)18-10-11-19(26-18)20(23)22-17-7-5-4-6-16(17)21(24)25-3/h4-12H,1-3H3,(H,22,23). The molecule has 1 heterocycles. The predicted molar refractivity (Wildman–Crippen MR) is 99.4 cm³/mol. The lowest BCUT2D eigenvalue weighted by molar-refractivity contribution is 0.0602. The van der Waals surface area contributed by atoms with Crippen molar-refractivity contribution < 1.29 is 18.7 Å². The first kappa shape index (κ1) is 17.5. The third-order valence-corrected chi connectivity index (χ3v) is 4.20. The van der Waals surface area contributed by atoms with E-state index >= 15 is 0 Å².